The van der Waals surface area contributed by atoms with Crippen molar-refractivity contribution in [1.82, 2.24) is 10.2 Å². The van der Waals surface area contributed by atoms with Crippen LogP contribution in [0.25, 0.3) is 0 Å². The molecule has 2 rings (SSSR count). The number of carboxylic acid groups (broad SMARTS) is 1. The predicted octanol–water partition coefficient (Wildman–Crippen LogP) is 1.15. The standard InChI is InChI=1S/C15H24N2O4/c1-11(18)17-9-5-12(6-10-17)13(19)16-15(14(20)21)7-3-2-4-8-15/h12H,2-10H2,1H3,(H,16,19)(H,20,21). The number of aliphatic carboxylic acids is 1. The summed E-state index contributed by atoms with van der Waals surface area (Å²) in [5.74, 6) is -1.24. The Bertz CT molecular complexity index is 421. The van der Waals surface area contributed by atoms with Crippen LogP contribution in [-0.2, 0) is 14.4 Å². The largest absolute Gasteiger partial charge is 0.480 e. The molecule has 2 aliphatic rings. The Hall–Kier alpha value is -1.59. The normalized spacial score (nSPS) is 22.6. The Labute approximate surface area is 124 Å². The summed E-state index contributed by atoms with van der Waals surface area (Å²) in [4.78, 5) is 37.0. The molecule has 1 heterocycles. The summed E-state index contributed by atoms with van der Waals surface area (Å²) in [6.45, 7) is 2.68. The van der Waals surface area contributed by atoms with Crippen molar-refractivity contribution in [1.29, 1.82) is 0 Å². The van der Waals surface area contributed by atoms with Crippen LogP contribution in [0.2, 0.25) is 0 Å². The van der Waals surface area contributed by atoms with Gasteiger partial charge in [0.05, 0.1) is 0 Å². The number of likely N-dealkylation sites (tertiary alicyclic amines) is 1. The first kappa shape index (κ1) is 15.8. The van der Waals surface area contributed by atoms with Gasteiger partial charge < -0.3 is 15.3 Å². The third-order valence-corrected chi connectivity index (χ3v) is 4.79. The van der Waals surface area contributed by atoms with E-state index in [2.05, 4.69) is 5.32 Å². The van der Waals surface area contributed by atoms with Crippen molar-refractivity contribution in [3.05, 3.63) is 0 Å². The van der Waals surface area contributed by atoms with E-state index in [0.717, 1.165) is 19.3 Å². The Morgan fingerprint density at radius 1 is 1.10 bits per heavy atom. The van der Waals surface area contributed by atoms with E-state index >= 15 is 0 Å². The lowest BCUT2D eigenvalue weighted by Crippen LogP contribution is -2.57. The lowest BCUT2D eigenvalue weighted by molar-refractivity contribution is -0.150. The molecule has 0 spiro atoms. The topological polar surface area (TPSA) is 86.7 Å². The van der Waals surface area contributed by atoms with Crippen LogP contribution in [0.15, 0.2) is 0 Å². The maximum Gasteiger partial charge on any atom is 0.329 e. The van der Waals surface area contributed by atoms with E-state index in [1.54, 1.807) is 4.90 Å². The molecule has 1 saturated heterocycles. The molecule has 0 aromatic rings. The predicted molar refractivity (Wildman–Crippen MR) is 76.6 cm³/mol. The van der Waals surface area contributed by atoms with E-state index in [-0.39, 0.29) is 17.7 Å². The van der Waals surface area contributed by atoms with Crippen LogP contribution in [0, 0.1) is 5.92 Å². The second-order valence-electron chi connectivity index (χ2n) is 6.22. The van der Waals surface area contributed by atoms with Crippen molar-refractivity contribution >= 4 is 17.8 Å². The van der Waals surface area contributed by atoms with E-state index in [1.807, 2.05) is 0 Å². The number of nitrogens with zero attached hydrogens (tertiary/aromatic N) is 1. The first-order valence-electron chi connectivity index (χ1n) is 7.75. The number of amides is 2. The SMILES string of the molecule is CC(=O)N1CCC(C(=O)NC2(C(=O)O)CCCCC2)CC1. The molecular weight excluding hydrogens is 272 g/mol. The highest BCUT2D eigenvalue weighted by molar-refractivity contribution is 5.88. The second kappa shape index (κ2) is 6.45. The Morgan fingerprint density at radius 3 is 2.14 bits per heavy atom. The van der Waals surface area contributed by atoms with Crippen LogP contribution in [0.3, 0.4) is 0 Å². The summed E-state index contributed by atoms with van der Waals surface area (Å²) >= 11 is 0. The van der Waals surface area contributed by atoms with E-state index in [0.29, 0.717) is 38.8 Å². The number of rotatable bonds is 3. The van der Waals surface area contributed by atoms with Crippen molar-refractivity contribution < 1.29 is 19.5 Å². The molecular formula is C15H24N2O4. The number of hydrogen-bond donors (Lipinski definition) is 2. The third-order valence-electron chi connectivity index (χ3n) is 4.79. The average molecular weight is 296 g/mol. The highest BCUT2D eigenvalue weighted by Crippen LogP contribution is 2.29. The quantitative estimate of drug-likeness (QED) is 0.818. The van der Waals surface area contributed by atoms with Gasteiger partial charge in [-0.3, -0.25) is 9.59 Å². The number of carbonyl (C=O) groups is 3. The van der Waals surface area contributed by atoms with Gasteiger partial charge in [-0.1, -0.05) is 19.3 Å². The van der Waals surface area contributed by atoms with Gasteiger partial charge in [-0.2, -0.15) is 0 Å². The molecule has 118 valence electrons. The molecule has 2 amide bonds. The number of carbonyl (C=O) groups excluding carboxylic acids is 2. The Balaban J connectivity index is 1.94. The number of hydrogen-bond acceptors (Lipinski definition) is 3. The Kier molecular flexibility index (Phi) is 4.85. The molecule has 0 aromatic carbocycles. The van der Waals surface area contributed by atoms with E-state index in [9.17, 15) is 19.5 Å². The Morgan fingerprint density at radius 2 is 1.67 bits per heavy atom. The number of carboxylic acids is 1. The zero-order valence-corrected chi connectivity index (χ0v) is 12.6. The van der Waals surface area contributed by atoms with Gasteiger partial charge in [0.2, 0.25) is 11.8 Å². The minimum atomic E-state index is -1.08. The lowest BCUT2D eigenvalue weighted by Gasteiger charge is -2.37. The van der Waals surface area contributed by atoms with Gasteiger partial charge >= 0.3 is 5.97 Å². The zero-order valence-electron chi connectivity index (χ0n) is 12.6. The molecule has 2 N–H and O–H groups in total. The third kappa shape index (κ3) is 3.54. The first-order chi connectivity index (χ1) is 9.94. The molecule has 1 saturated carbocycles. The highest BCUT2D eigenvalue weighted by atomic mass is 16.4. The molecule has 0 aromatic heterocycles. The van der Waals surface area contributed by atoms with Crippen molar-refractivity contribution in [2.24, 2.45) is 5.92 Å². The minimum Gasteiger partial charge on any atom is -0.480 e. The summed E-state index contributed by atoms with van der Waals surface area (Å²) < 4.78 is 0. The van der Waals surface area contributed by atoms with Gasteiger partial charge in [-0.05, 0) is 25.7 Å². The van der Waals surface area contributed by atoms with Crippen molar-refractivity contribution in [2.75, 3.05) is 13.1 Å². The first-order valence-corrected chi connectivity index (χ1v) is 7.75. The summed E-state index contributed by atoms with van der Waals surface area (Å²) in [5, 5.41) is 12.3. The van der Waals surface area contributed by atoms with Gasteiger partial charge in [0.25, 0.3) is 0 Å². The monoisotopic (exact) mass is 296 g/mol. The van der Waals surface area contributed by atoms with Gasteiger partial charge in [-0.25, -0.2) is 4.79 Å². The van der Waals surface area contributed by atoms with Crippen molar-refractivity contribution in [3.8, 4) is 0 Å². The van der Waals surface area contributed by atoms with Crippen LogP contribution < -0.4 is 5.32 Å². The average Bonchev–Trinajstić information content (AvgIpc) is 2.48. The molecule has 6 heteroatoms. The van der Waals surface area contributed by atoms with Crippen molar-refractivity contribution in [2.45, 2.75) is 57.4 Å². The van der Waals surface area contributed by atoms with Gasteiger partial charge in [0, 0.05) is 25.9 Å². The maximum atomic E-state index is 12.4. The van der Waals surface area contributed by atoms with E-state index < -0.39 is 11.5 Å². The molecule has 0 atom stereocenters. The van der Waals surface area contributed by atoms with Crippen LogP contribution >= 0.6 is 0 Å². The smallest absolute Gasteiger partial charge is 0.329 e. The van der Waals surface area contributed by atoms with Gasteiger partial charge in [0.1, 0.15) is 5.54 Å². The van der Waals surface area contributed by atoms with E-state index in [1.165, 1.54) is 6.92 Å². The van der Waals surface area contributed by atoms with Crippen LogP contribution in [0.5, 0.6) is 0 Å². The summed E-state index contributed by atoms with van der Waals surface area (Å²) in [5.41, 5.74) is -1.08. The fourth-order valence-electron chi connectivity index (χ4n) is 3.34. The maximum absolute atomic E-state index is 12.4. The van der Waals surface area contributed by atoms with Crippen molar-refractivity contribution in [3.63, 3.8) is 0 Å². The fraction of sp³-hybridized carbons (Fsp3) is 0.800. The van der Waals surface area contributed by atoms with E-state index in [4.69, 9.17) is 0 Å². The number of piperidine rings is 1. The van der Waals surface area contributed by atoms with Crippen LogP contribution in [0.1, 0.15) is 51.9 Å². The summed E-state index contributed by atoms with van der Waals surface area (Å²) in [7, 11) is 0. The number of nitrogens with one attached hydrogen (secondary N) is 1. The molecule has 0 bridgehead atoms. The fourth-order valence-corrected chi connectivity index (χ4v) is 3.34. The lowest BCUT2D eigenvalue weighted by atomic mass is 9.81. The molecule has 0 radical (unpaired) electrons. The molecule has 21 heavy (non-hydrogen) atoms. The molecule has 2 fully saturated rings. The van der Waals surface area contributed by atoms with Gasteiger partial charge in [0.15, 0.2) is 0 Å². The van der Waals surface area contributed by atoms with Gasteiger partial charge in [-0.15, -0.1) is 0 Å². The molecule has 0 unspecified atom stereocenters. The minimum absolute atomic E-state index is 0.0307. The summed E-state index contributed by atoms with van der Waals surface area (Å²) in [6.07, 6.45) is 4.97. The second-order valence-corrected chi connectivity index (χ2v) is 6.22. The molecule has 1 aliphatic heterocycles. The van der Waals surface area contributed by atoms with Crippen LogP contribution in [-0.4, -0.2) is 46.4 Å². The highest BCUT2D eigenvalue weighted by Gasteiger charge is 2.42. The molecule has 6 nitrogen and oxygen atoms in total. The summed E-state index contributed by atoms with van der Waals surface area (Å²) in [6, 6.07) is 0. The zero-order chi connectivity index (χ0) is 15.5. The molecule has 1 aliphatic carbocycles. The van der Waals surface area contributed by atoms with Crippen LogP contribution in [0.4, 0.5) is 0 Å².